The van der Waals surface area contributed by atoms with Crippen molar-refractivity contribution in [3.8, 4) is 12.1 Å². The molecule has 2 amide bonds. The van der Waals surface area contributed by atoms with Gasteiger partial charge in [-0.05, 0) is 13.8 Å². The summed E-state index contributed by atoms with van der Waals surface area (Å²) in [6, 6.07) is 3.76. The molecule has 2 saturated heterocycles. The van der Waals surface area contributed by atoms with Gasteiger partial charge in [0.1, 0.15) is 11.8 Å². The van der Waals surface area contributed by atoms with E-state index >= 15 is 0 Å². The van der Waals surface area contributed by atoms with Crippen LogP contribution in [0, 0.1) is 34.5 Å². The van der Waals surface area contributed by atoms with Crippen LogP contribution in [-0.2, 0) is 9.59 Å². The van der Waals surface area contributed by atoms with Gasteiger partial charge in [0.15, 0.2) is 0 Å². The van der Waals surface area contributed by atoms with Gasteiger partial charge in [0.2, 0.25) is 11.8 Å². The fourth-order valence-electron chi connectivity index (χ4n) is 2.56. The van der Waals surface area contributed by atoms with Crippen LogP contribution in [0.2, 0.25) is 0 Å². The standard InChI is InChI=1S/C10H10N4O2/c1-9-5(3-11)7(15)14-10(9,2)6(4-12)8(16)13-9/h5-6H,1-2H3,(H,13,16)(H,14,15)/t5-,6+,9-,10+. The maximum atomic E-state index is 11.6. The summed E-state index contributed by atoms with van der Waals surface area (Å²) in [5.74, 6) is -2.79. The first-order chi connectivity index (χ1) is 7.40. The highest BCUT2D eigenvalue weighted by Gasteiger charge is 2.69. The van der Waals surface area contributed by atoms with E-state index in [1.54, 1.807) is 13.8 Å². The van der Waals surface area contributed by atoms with Gasteiger partial charge in [-0.1, -0.05) is 0 Å². The second kappa shape index (κ2) is 2.73. The second-order valence-electron chi connectivity index (χ2n) is 4.51. The zero-order valence-electron chi connectivity index (χ0n) is 8.87. The Kier molecular flexibility index (Phi) is 1.78. The van der Waals surface area contributed by atoms with E-state index in [4.69, 9.17) is 10.5 Å². The number of nitrogens with zero attached hydrogens (tertiary/aromatic N) is 2. The lowest BCUT2D eigenvalue weighted by Crippen LogP contribution is -2.57. The molecule has 2 rings (SSSR count). The summed E-state index contributed by atoms with van der Waals surface area (Å²) < 4.78 is 0. The van der Waals surface area contributed by atoms with E-state index in [9.17, 15) is 9.59 Å². The molecule has 6 nitrogen and oxygen atoms in total. The molecule has 6 heteroatoms. The average Bonchev–Trinajstić information content (AvgIpc) is 2.46. The first kappa shape index (κ1) is 10.4. The first-order valence-corrected chi connectivity index (χ1v) is 4.84. The first-order valence-electron chi connectivity index (χ1n) is 4.84. The van der Waals surface area contributed by atoms with E-state index in [-0.39, 0.29) is 0 Å². The molecule has 0 radical (unpaired) electrons. The van der Waals surface area contributed by atoms with Gasteiger partial charge < -0.3 is 10.6 Å². The highest BCUT2D eigenvalue weighted by Crippen LogP contribution is 2.45. The number of carbonyl (C=O) groups excluding carboxylic acids is 2. The molecule has 0 unspecified atom stereocenters. The van der Waals surface area contributed by atoms with Crippen LogP contribution in [0.5, 0.6) is 0 Å². The van der Waals surface area contributed by atoms with Crippen molar-refractivity contribution < 1.29 is 9.59 Å². The van der Waals surface area contributed by atoms with Gasteiger partial charge in [0, 0.05) is 0 Å². The van der Waals surface area contributed by atoms with Gasteiger partial charge in [-0.2, -0.15) is 10.5 Å². The molecule has 0 aliphatic carbocycles. The SMILES string of the molecule is C[C@@]12NC(=O)[C@@H](C#N)[C@@]1(C)NC(=O)[C@@H]2C#N. The van der Waals surface area contributed by atoms with Gasteiger partial charge in [0.25, 0.3) is 0 Å². The van der Waals surface area contributed by atoms with Crippen molar-refractivity contribution >= 4 is 11.8 Å². The Morgan fingerprint density at radius 1 is 1.00 bits per heavy atom. The van der Waals surface area contributed by atoms with Crippen molar-refractivity contribution in [3.05, 3.63) is 0 Å². The van der Waals surface area contributed by atoms with Gasteiger partial charge in [-0.3, -0.25) is 9.59 Å². The Labute approximate surface area is 92.2 Å². The van der Waals surface area contributed by atoms with E-state index in [0.717, 1.165) is 0 Å². The molecular weight excluding hydrogens is 208 g/mol. The zero-order chi connectivity index (χ0) is 12.1. The molecule has 2 fully saturated rings. The van der Waals surface area contributed by atoms with Crippen LogP contribution < -0.4 is 10.6 Å². The number of carbonyl (C=O) groups is 2. The minimum Gasteiger partial charge on any atom is -0.345 e. The predicted octanol–water partition coefficient (Wildman–Crippen LogP) is -0.957. The van der Waals surface area contributed by atoms with Gasteiger partial charge in [0.05, 0.1) is 23.2 Å². The molecule has 2 aliphatic rings. The fraction of sp³-hybridized carbons (Fsp3) is 0.600. The summed E-state index contributed by atoms with van der Waals surface area (Å²) >= 11 is 0. The molecular formula is C10H10N4O2. The lowest BCUT2D eigenvalue weighted by Gasteiger charge is -2.34. The normalized spacial score (nSPS) is 45.2. The van der Waals surface area contributed by atoms with E-state index < -0.39 is 34.7 Å². The fourth-order valence-corrected chi connectivity index (χ4v) is 2.56. The van der Waals surface area contributed by atoms with E-state index in [1.807, 2.05) is 12.1 Å². The topological polar surface area (TPSA) is 106 Å². The van der Waals surface area contributed by atoms with Crippen molar-refractivity contribution in [1.82, 2.24) is 10.6 Å². The summed E-state index contributed by atoms with van der Waals surface area (Å²) in [5.41, 5.74) is -2.04. The second-order valence-corrected chi connectivity index (χ2v) is 4.51. The van der Waals surface area contributed by atoms with Crippen LogP contribution in [0.15, 0.2) is 0 Å². The van der Waals surface area contributed by atoms with Crippen LogP contribution in [0.3, 0.4) is 0 Å². The molecule has 0 aromatic heterocycles. The Morgan fingerprint density at radius 2 is 1.31 bits per heavy atom. The van der Waals surface area contributed by atoms with Gasteiger partial charge in [-0.15, -0.1) is 0 Å². The van der Waals surface area contributed by atoms with E-state index in [2.05, 4.69) is 10.6 Å². The Morgan fingerprint density at radius 3 is 1.56 bits per heavy atom. The molecule has 0 spiro atoms. The lowest BCUT2D eigenvalue weighted by atomic mass is 9.73. The molecule has 2 N–H and O–H groups in total. The predicted molar refractivity (Wildman–Crippen MR) is 51.3 cm³/mol. The Hall–Kier alpha value is -2.08. The van der Waals surface area contributed by atoms with Crippen LogP contribution in [0.1, 0.15) is 13.8 Å². The van der Waals surface area contributed by atoms with Crippen LogP contribution in [0.4, 0.5) is 0 Å². The van der Waals surface area contributed by atoms with Crippen molar-refractivity contribution in [2.45, 2.75) is 24.9 Å². The molecule has 2 heterocycles. The minimum absolute atomic E-state index is 0.437. The largest absolute Gasteiger partial charge is 0.345 e. The Bertz CT molecular complexity index is 430. The molecule has 0 aromatic carbocycles. The highest BCUT2D eigenvalue weighted by molar-refractivity contribution is 5.96. The summed E-state index contributed by atoms with van der Waals surface area (Å²) in [7, 11) is 0. The van der Waals surface area contributed by atoms with E-state index in [0.29, 0.717) is 0 Å². The summed E-state index contributed by atoms with van der Waals surface area (Å²) in [6.45, 7) is 3.24. The van der Waals surface area contributed by atoms with Crippen LogP contribution in [0.25, 0.3) is 0 Å². The molecule has 4 atom stereocenters. The van der Waals surface area contributed by atoms with E-state index in [1.165, 1.54) is 0 Å². The summed E-state index contributed by atoms with van der Waals surface area (Å²) in [5, 5.41) is 23.1. The maximum absolute atomic E-state index is 11.6. The molecule has 0 aromatic rings. The molecule has 82 valence electrons. The quantitative estimate of drug-likeness (QED) is 0.546. The zero-order valence-corrected chi connectivity index (χ0v) is 8.87. The number of hydrogen-bond acceptors (Lipinski definition) is 4. The van der Waals surface area contributed by atoms with Crippen molar-refractivity contribution in [3.63, 3.8) is 0 Å². The molecule has 16 heavy (non-hydrogen) atoms. The average molecular weight is 218 g/mol. The third-order valence-corrected chi connectivity index (χ3v) is 3.78. The van der Waals surface area contributed by atoms with Crippen LogP contribution >= 0.6 is 0 Å². The Balaban J connectivity index is 2.58. The third kappa shape index (κ3) is 0.849. The maximum Gasteiger partial charge on any atom is 0.240 e. The third-order valence-electron chi connectivity index (χ3n) is 3.78. The highest BCUT2D eigenvalue weighted by atomic mass is 16.2. The number of amides is 2. The molecule has 0 saturated carbocycles. The smallest absolute Gasteiger partial charge is 0.240 e. The minimum atomic E-state index is -1.02. The van der Waals surface area contributed by atoms with Gasteiger partial charge >= 0.3 is 0 Å². The molecule has 0 bridgehead atoms. The van der Waals surface area contributed by atoms with Crippen molar-refractivity contribution in [2.75, 3.05) is 0 Å². The number of rotatable bonds is 0. The number of nitriles is 2. The summed E-state index contributed by atoms with van der Waals surface area (Å²) in [6.07, 6.45) is 0. The van der Waals surface area contributed by atoms with Crippen molar-refractivity contribution in [2.24, 2.45) is 11.8 Å². The molecule has 2 aliphatic heterocycles. The number of fused-ring (bicyclic) bond motifs is 1. The lowest BCUT2D eigenvalue weighted by molar-refractivity contribution is -0.125. The van der Waals surface area contributed by atoms with Crippen LogP contribution in [-0.4, -0.2) is 22.9 Å². The summed E-state index contributed by atoms with van der Waals surface area (Å²) in [4.78, 5) is 23.2. The number of hydrogen-bond donors (Lipinski definition) is 2. The van der Waals surface area contributed by atoms with Crippen molar-refractivity contribution in [1.29, 1.82) is 10.5 Å². The monoisotopic (exact) mass is 218 g/mol. The van der Waals surface area contributed by atoms with Gasteiger partial charge in [-0.25, -0.2) is 0 Å². The number of nitrogens with one attached hydrogen (secondary N) is 2.